The van der Waals surface area contributed by atoms with Gasteiger partial charge in [-0.15, -0.1) is 0 Å². The van der Waals surface area contributed by atoms with Crippen LogP contribution >= 0.6 is 0 Å². The molecule has 0 aliphatic carbocycles. The third-order valence-corrected chi connectivity index (χ3v) is 3.80. The first kappa shape index (κ1) is 17.6. The Balaban J connectivity index is 1.79. The van der Waals surface area contributed by atoms with Crippen LogP contribution in [0.1, 0.15) is 6.42 Å². The normalized spacial score (nSPS) is 14.8. The standard InChI is InChI=1S/C17H28N4O2/c1-20(2)9-5-8-18-17(22)14-19-15-6-3-4-7-16(15)21-10-12-23-13-11-21/h3-4,6-7,19H,5,8-14H2,1-2H3,(H,18,22). The Morgan fingerprint density at radius 1 is 1.26 bits per heavy atom. The molecule has 0 saturated carbocycles. The van der Waals surface area contributed by atoms with Crippen molar-refractivity contribution in [1.29, 1.82) is 0 Å². The molecule has 0 unspecified atom stereocenters. The summed E-state index contributed by atoms with van der Waals surface area (Å²) in [6, 6.07) is 8.12. The number of nitrogens with one attached hydrogen (secondary N) is 2. The average molecular weight is 320 g/mol. The molecular weight excluding hydrogens is 292 g/mol. The van der Waals surface area contributed by atoms with E-state index in [0.29, 0.717) is 13.1 Å². The van der Waals surface area contributed by atoms with Gasteiger partial charge in [-0.25, -0.2) is 0 Å². The molecule has 1 saturated heterocycles. The second kappa shape index (κ2) is 9.37. The van der Waals surface area contributed by atoms with Gasteiger partial charge >= 0.3 is 0 Å². The van der Waals surface area contributed by atoms with E-state index in [4.69, 9.17) is 4.74 Å². The van der Waals surface area contributed by atoms with Crippen LogP contribution in [0.25, 0.3) is 0 Å². The molecular formula is C17H28N4O2. The van der Waals surface area contributed by atoms with Crippen molar-refractivity contribution in [2.45, 2.75) is 6.42 Å². The minimum Gasteiger partial charge on any atom is -0.378 e. The zero-order valence-electron chi connectivity index (χ0n) is 14.2. The molecule has 1 amide bonds. The highest BCUT2D eigenvalue weighted by Gasteiger charge is 2.14. The number of carbonyl (C=O) groups excluding carboxylic acids is 1. The Kier molecular flexibility index (Phi) is 7.16. The fraction of sp³-hybridized carbons (Fsp3) is 0.588. The number of amides is 1. The molecule has 0 radical (unpaired) electrons. The highest BCUT2D eigenvalue weighted by molar-refractivity contribution is 5.82. The van der Waals surface area contributed by atoms with Gasteiger partial charge in [0.05, 0.1) is 31.1 Å². The van der Waals surface area contributed by atoms with Crippen LogP contribution < -0.4 is 15.5 Å². The highest BCUT2D eigenvalue weighted by Crippen LogP contribution is 2.25. The summed E-state index contributed by atoms with van der Waals surface area (Å²) < 4.78 is 5.40. The maximum Gasteiger partial charge on any atom is 0.239 e. The molecule has 0 bridgehead atoms. The van der Waals surface area contributed by atoms with Gasteiger partial charge < -0.3 is 25.2 Å². The van der Waals surface area contributed by atoms with E-state index in [0.717, 1.165) is 50.6 Å². The Hall–Kier alpha value is -1.79. The van der Waals surface area contributed by atoms with Gasteiger partial charge in [-0.2, -0.15) is 0 Å². The molecule has 6 heteroatoms. The summed E-state index contributed by atoms with van der Waals surface area (Å²) in [4.78, 5) is 16.3. The number of anilines is 2. The van der Waals surface area contributed by atoms with Crippen molar-refractivity contribution in [3.8, 4) is 0 Å². The number of carbonyl (C=O) groups is 1. The molecule has 0 spiro atoms. The molecule has 1 aromatic carbocycles. The molecule has 0 atom stereocenters. The van der Waals surface area contributed by atoms with Crippen LogP contribution in [0.3, 0.4) is 0 Å². The van der Waals surface area contributed by atoms with Crippen molar-refractivity contribution in [2.75, 3.05) is 70.2 Å². The van der Waals surface area contributed by atoms with Crippen LogP contribution in [-0.2, 0) is 9.53 Å². The molecule has 1 aliphatic rings. The zero-order chi connectivity index (χ0) is 16.5. The van der Waals surface area contributed by atoms with Crippen LogP contribution in [0.15, 0.2) is 24.3 Å². The first-order chi connectivity index (χ1) is 11.2. The van der Waals surface area contributed by atoms with E-state index in [2.05, 4.69) is 26.5 Å². The van der Waals surface area contributed by atoms with Gasteiger partial charge in [0.15, 0.2) is 0 Å². The summed E-state index contributed by atoms with van der Waals surface area (Å²) in [6.07, 6.45) is 0.961. The highest BCUT2D eigenvalue weighted by atomic mass is 16.5. The number of rotatable bonds is 8. The maximum absolute atomic E-state index is 11.9. The molecule has 1 fully saturated rings. The lowest BCUT2D eigenvalue weighted by molar-refractivity contribution is -0.119. The summed E-state index contributed by atoms with van der Waals surface area (Å²) in [6.45, 7) is 5.26. The van der Waals surface area contributed by atoms with Crippen molar-refractivity contribution in [3.63, 3.8) is 0 Å². The van der Waals surface area contributed by atoms with E-state index < -0.39 is 0 Å². The molecule has 2 rings (SSSR count). The quantitative estimate of drug-likeness (QED) is 0.700. The van der Waals surface area contributed by atoms with Gasteiger partial charge in [-0.3, -0.25) is 4.79 Å². The van der Waals surface area contributed by atoms with Crippen LogP contribution in [0, 0.1) is 0 Å². The molecule has 2 N–H and O–H groups in total. The van der Waals surface area contributed by atoms with Gasteiger partial charge in [0.1, 0.15) is 0 Å². The number of morpholine rings is 1. The number of benzene rings is 1. The van der Waals surface area contributed by atoms with Crippen molar-refractivity contribution in [3.05, 3.63) is 24.3 Å². The third kappa shape index (κ3) is 6.08. The predicted molar refractivity (Wildman–Crippen MR) is 94.1 cm³/mol. The number of para-hydroxylation sites is 2. The van der Waals surface area contributed by atoms with Crippen LogP contribution in [0.5, 0.6) is 0 Å². The number of ether oxygens (including phenoxy) is 1. The second-order valence-electron chi connectivity index (χ2n) is 5.98. The fourth-order valence-corrected chi connectivity index (χ4v) is 2.56. The Morgan fingerprint density at radius 2 is 2.00 bits per heavy atom. The Morgan fingerprint density at radius 3 is 2.74 bits per heavy atom. The molecule has 128 valence electrons. The average Bonchev–Trinajstić information content (AvgIpc) is 2.58. The molecule has 1 aromatic rings. The molecule has 6 nitrogen and oxygen atoms in total. The summed E-state index contributed by atoms with van der Waals surface area (Å²) in [5.41, 5.74) is 2.13. The van der Waals surface area contributed by atoms with Crippen LogP contribution in [0.2, 0.25) is 0 Å². The lowest BCUT2D eigenvalue weighted by atomic mass is 10.2. The van der Waals surface area contributed by atoms with Gasteiger partial charge in [0.2, 0.25) is 5.91 Å². The van der Waals surface area contributed by atoms with Gasteiger partial charge in [0, 0.05) is 19.6 Å². The number of hydrogen-bond acceptors (Lipinski definition) is 5. The largest absolute Gasteiger partial charge is 0.378 e. The summed E-state index contributed by atoms with van der Waals surface area (Å²) in [7, 11) is 4.07. The van der Waals surface area contributed by atoms with Crippen molar-refractivity contribution >= 4 is 17.3 Å². The minimum absolute atomic E-state index is 0.0283. The Labute approximate surface area is 138 Å². The Bertz CT molecular complexity index is 487. The van der Waals surface area contributed by atoms with Crippen molar-refractivity contribution < 1.29 is 9.53 Å². The van der Waals surface area contributed by atoms with Crippen molar-refractivity contribution in [1.82, 2.24) is 10.2 Å². The molecule has 23 heavy (non-hydrogen) atoms. The lowest BCUT2D eigenvalue weighted by Gasteiger charge is -2.30. The smallest absolute Gasteiger partial charge is 0.239 e. The van der Waals surface area contributed by atoms with E-state index in [-0.39, 0.29) is 5.91 Å². The van der Waals surface area contributed by atoms with E-state index >= 15 is 0 Å². The topological polar surface area (TPSA) is 56.8 Å². The van der Waals surface area contributed by atoms with E-state index in [1.165, 1.54) is 0 Å². The number of hydrogen-bond donors (Lipinski definition) is 2. The predicted octanol–water partition coefficient (Wildman–Crippen LogP) is 1.00. The van der Waals surface area contributed by atoms with Crippen LogP contribution in [-0.4, -0.2) is 70.8 Å². The summed E-state index contributed by atoms with van der Waals surface area (Å²) in [5.74, 6) is 0.0283. The first-order valence-corrected chi connectivity index (χ1v) is 8.24. The number of nitrogens with zero attached hydrogens (tertiary/aromatic N) is 2. The summed E-state index contributed by atoms with van der Waals surface area (Å²) >= 11 is 0. The van der Waals surface area contributed by atoms with E-state index in [1.54, 1.807) is 0 Å². The SMILES string of the molecule is CN(C)CCCNC(=O)CNc1ccccc1N1CCOCC1. The molecule has 0 aromatic heterocycles. The first-order valence-electron chi connectivity index (χ1n) is 8.24. The minimum atomic E-state index is 0.0283. The molecule has 1 aliphatic heterocycles. The third-order valence-electron chi connectivity index (χ3n) is 3.80. The van der Waals surface area contributed by atoms with Crippen LogP contribution in [0.4, 0.5) is 11.4 Å². The van der Waals surface area contributed by atoms with E-state index in [1.807, 2.05) is 32.3 Å². The lowest BCUT2D eigenvalue weighted by Crippen LogP contribution is -2.37. The maximum atomic E-state index is 11.9. The van der Waals surface area contributed by atoms with Gasteiger partial charge in [-0.05, 0) is 39.2 Å². The van der Waals surface area contributed by atoms with E-state index in [9.17, 15) is 4.79 Å². The van der Waals surface area contributed by atoms with Gasteiger partial charge in [-0.1, -0.05) is 12.1 Å². The van der Waals surface area contributed by atoms with Gasteiger partial charge in [0.25, 0.3) is 0 Å². The molecule has 1 heterocycles. The van der Waals surface area contributed by atoms with Crippen molar-refractivity contribution in [2.24, 2.45) is 0 Å². The zero-order valence-corrected chi connectivity index (χ0v) is 14.2. The fourth-order valence-electron chi connectivity index (χ4n) is 2.56. The second-order valence-corrected chi connectivity index (χ2v) is 5.98. The monoisotopic (exact) mass is 320 g/mol. The summed E-state index contributed by atoms with van der Waals surface area (Å²) in [5, 5.41) is 6.20.